The minimum Gasteiger partial charge on any atom is -0.347 e. The summed E-state index contributed by atoms with van der Waals surface area (Å²) in [5.74, 6) is 0.670. The third-order valence-electron chi connectivity index (χ3n) is 4.57. The van der Waals surface area contributed by atoms with Gasteiger partial charge >= 0.3 is 0 Å². The van der Waals surface area contributed by atoms with Crippen molar-refractivity contribution in [1.82, 2.24) is 10.2 Å². The lowest BCUT2D eigenvalue weighted by Gasteiger charge is -2.49. The van der Waals surface area contributed by atoms with Crippen LogP contribution >= 0.6 is 34.7 Å². The maximum atomic E-state index is 12.5. The molecule has 2 bridgehead atoms. The molecule has 1 aromatic rings. The van der Waals surface area contributed by atoms with E-state index in [4.69, 9.17) is 11.6 Å². The smallest absolute Gasteiger partial charge is 0.262 e. The molecule has 4 rings (SSSR count). The van der Waals surface area contributed by atoms with E-state index < -0.39 is 0 Å². The fraction of sp³-hybridized carbons (Fsp3) is 0.643. The van der Waals surface area contributed by atoms with Crippen molar-refractivity contribution in [2.45, 2.75) is 36.7 Å². The zero-order valence-corrected chi connectivity index (χ0v) is 14.1. The highest BCUT2D eigenvalue weighted by Gasteiger charge is 2.40. The van der Waals surface area contributed by atoms with Crippen molar-refractivity contribution in [1.29, 1.82) is 0 Å². The Kier molecular flexibility index (Phi) is 4.32. The molecule has 0 unspecified atom stereocenters. The van der Waals surface area contributed by atoms with Gasteiger partial charge in [0.15, 0.2) is 0 Å². The first-order chi connectivity index (χ1) is 9.60. The number of fused-ring (bicyclic) bond motifs is 3. The summed E-state index contributed by atoms with van der Waals surface area (Å²) in [5, 5.41) is 3.26. The van der Waals surface area contributed by atoms with E-state index in [0.717, 1.165) is 9.77 Å². The molecule has 3 fully saturated rings. The molecule has 0 aliphatic carbocycles. The van der Waals surface area contributed by atoms with Crippen LogP contribution in [0.15, 0.2) is 11.0 Å². The number of nitrogens with zero attached hydrogens (tertiary/aromatic N) is 1. The Balaban J connectivity index is 1.75. The summed E-state index contributed by atoms with van der Waals surface area (Å²) in [5.41, 5.74) is 0. The Morgan fingerprint density at radius 2 is 2.20 bits per heavy atom. The van der Waals surface area contributed by atoms with Gasteiger partial charge in [-0.15, -0.1) is 23.1 Å². The minimum absolute atomic E-state index is 0.0387. The molecule has 1 amide bonds. The quantitative estimate of drug-likeness (QED) is 0.863. The van der Waals surface area contributed by atoms with Crippen molar-refractivity contribution >= 4 is 40.6 Å². The SMILES string of the molecule is CSc1cc(Cl)sc1C(=O)N[C@@H]1C2CCN(CC2)[C@H]1C. The maximum Gasteiger partial charge on any atom is 0.262 e. The number of hydrogen-bond acceptors (Lipinski definition) is 4. The van der Waals surface area contributed by atoms with E-state index in [1.54, 1.807) is 11.8 Å². The van der Waals surface area contributed by atoms with Crippen molar-refractivity contribution in [2.24, 2.45) is 5.92 Å². The Morgan fingerprint density at radius 1 is 1.50 bits per heavy atom. The third-order valence-corrected chi connectivity index (χ3v) is 6.72. The number of carbonyl (C=O) groups is 1. The summed E-state index contributed by atoms with van der Waals surface area (Å²) in [6.07, 6.45) is 4.39. The van der Waals surface area contributed by atoms with Crippen LogP contribution in [-0.2, 0) is 0 Å². The van der Waals surface area contributed by atoms with Gasteiger partial charge in [0.05, 0.1) is 4.34 Å². The van der Waals surface area contributed by atoms with E-state index in [2.05, 4.69) is 17.1 Å². The molecular weight excluding hydrogens is 312 g/mol. The van der Waals surface area contributed by atoms with Crippen LogP contribution in [-0.4, -0.2) is 42.2 Å². The predicted molar refractivity (Wildman–Crippen MR) is 86.1 cm³/mol. The minimum atomic E-state index is 0.0387. The average molecular weight is 331 g/mol. The molecular formula is C14H19ClN2OS2. The molecule has 3 aliphatic rings. The van der Waals surface area contributed by atoms with Crippen LogP contribution < -0.4 is 5.32 Å². The summed E-state index contributed by atoms with van der Waals surface area (Å²) in [7, 11) is 0. The Bertz CT molecular complexity index is 509. The van der Waals surface area contributed by atoms with Crippen LogP contribution in [0, 0.1) is 5.92 Å². The highest BCUT2D eigenvalue weighted by molar-refractivity contribution is 7.98. The second-order valence-electron chi connectivity index (χ2n) is 5.56. The number of amides is 1. The molecule has 110 valence electrons. The fourth-order valence-corrected chi connectivity index (χ4v) is 5.47. The number of hydrogen-bond donors (Lipinski definition) is 1. The van der Waals surface area contributed by atoms with Crippen LogP contribution in [0.5, 0.6) is 0 Å². The van der Waals surface area contributed by atoms with E-state index in [9.17, 15) is 4.79 Å². The topological polar surface area (TPSA) is 32.3 Å². The standard InChI is InChI=1S/C14H19ClN2OS2/c1-8-12(9-3-5-17(8)6-4-9)16-14(18)13-10(19-2)7-11(15)20-13/h7-9,12H,3-6H2,1-2H3,(H,16,18)/t8-,12-/m0/s1. The van der Waals surface area contributed by atoms with Gasteiger partial charge in [-0.1, -0.05) is 11.6 Å². The summed E-state index contributed by atoms with van der Waals surface area (Å²) in [4.78, 5) is 16.8. The molecule has 0 aromatic carbocycles. The average Bonchev–Trinajstić information content (AvgIpc) is 2.84. The molecule has 4 heterocycles. The normalized spacial score (nSPS) is 32.4. The molecule has 0 spiro atoms. The number of piperidine rings is 3. The van der Waals surface area contributed by atoms with E-state index in [-0.39, 0.29) is 11.9 Å². The van der Waals surface area contributed by atoms with Gasteiger partial charge in [-0.05, 0) is 51.1 Å². The maximum absolute atomic E-state index is 12.5. The van der Waals surface area contributed by atoms with Gasteiger partial charge in [-0.25, -0.2) is 0 Å². The van der Waals surface area contributed by atoms with Gasteiger partial charge in [-0.2, -0.15) is 0 Å². The third kappa shape index (κ3) is 2.61. The molecule has 2 atom stereocenters. The highest BCUT2D eigenvalue weighted by atomic mass is 35.5. The van der Waals surface area contributed by atoms with Crippen LogP contribution in [0.4, 0.5) is 0 Å². The van der Waals surface area contributed by atoms with Gasteiger partial charge in [0.1, 0.15) is 4.88 Å². The predicted octanol–water partition coefficient (Wildman–Crippen LogP) is 3.34. The Morgan fingerprint density at radius 3 is 2.80 bits per heavy atom. The van der Waals surface area contributed by atoms with Crippen LogP contribution in [0.25, 0.3) is 0 Å². The zero-order valence-electron chi connectivity index (χ0n) is 11.7. The molecule has 20 heavy (non-hydrogen) atoms. The summed E-state index contributed by atoms with van der Waals surface area (Å²) < 4.78 is 0.682. The molecule has 0 radical (unpaired) electrons. The second-order valence-corrected chi connectivity index (χ2v) is 8.09. The molecule has 3 saturated heterocycles. The number of thioether (sulfide) groups is 1. The van der Waals surface area contributed by atoms with Gasteiger partial charge in [0, 0.05) is 17.0 Å². The van der Waals surface area contributed by atoms with Gasteiger partial charge in [0.25, 0.3) is 5.91 Å². The number of thiophene rings is 1. The summed E-state index contributed by atoms with van der Waals surface area (Å²) in [6.45, 7) is 4.59. The summed E-state index contributed by atoms with van der Waals surface area (Å²) >= 11 is 8.99. The summed E-state index contributed by atoms with van der Waals surface area (Å²) in [6, 6.07) is 2.60. The molecule has 0 saturated carbocycles. The van der Waals surface area contributed by atoms with Gasteiger partial charge in [0.2, 0.25) is 0 Å². The number of halogens is 1. The van der Waals surface area contributed by atoms with Crippen molar-refractivity contribution in [2.75, 3.05) is 19.3 Å². The first-order valence-electron chi connectivity index (χ1n) is 6.98. The molecule has 3 nitrogen and oxygen atoms in total. The van der Waals surface area contributed by atoms with E-state index in [1.807, 2.05) is 12.3 Å². The van der Waals surface area contributed by atoms with E-state index in [0.29, 0.717) is 16.3 Å². The number of carbonyl (C=O) groups excluding carboxylic acids is 1. The van der Waals surface area contributed by atoms with Gasteiger partial charge < -0.3 is 5.32 Å². The Labute approximate surface area is 133 Å². The zero-order chi connectivity index (χ0) is 14.3. The first-order valence-corrected chi connectivity index (χ1v) is 9.40. The lowest BCUT2D eigenvalue weighted by molar-refractivity contribution is 0.0217. The molecule has 1 N–H and O–H groups in total. The lowest BCUT2D eigenvalue weighted by atomic mass is 9.79. The Hall–Kier alpha value is -0.230. The van der Waals surface area contributed by atoms with Gasteiger partial charge in [-0.3, -0.25) is 9.69 Å². The largest absolute Gasteiger partial charge is 0.347 e. The van der Waals surface area contributed by atoms with Crippen molar-refractivity contribution in [3.63, 3.8) is 0 Å². The highest BCUT2D eigenvalue weighted by Crippen LogP contribution is 2.35. The lowest BCUT2D eigenvalue weighted by Crippen LogP contribution is -2.62. The number of rotatable bonds is 3. The van der Waals surface area contributed by atoms with Crippen LogP contribution in [0.2, 0.25) is 4.34 Å². The first kappa shape index (κ1) is 14.7. The van der Waals surface area contributed by atoms with E-state index in [1.165, 1.54) is 37.3 Å². The van der Waals surface area contributed by atoms with Crippen LogP contribution in [0.3, 0.4) is 0 Å². The monoisotopic (exact) mass is 330 g/mol. The fourth-order valence-electron chi connectivity index (χ4n) is 3.42. The van der Waals surface area contributed by atoms with E-state index >= 15 is 0 Å². The van der Waals surface area contributed by atoms with Crippen molar-refractivity contribution < 1.29 is 4.79 Å². The second kappa shape index (κ2) is 5.87. The van der Waals surface area contributed by atoms with Crippen molar-refractivity contribution in [3.8, 4) is 0 Å². The van der Waals surface area contributed by atoms with Crippen molar-refractivity contribution in [3.05, 3.63) is 15.3 Å². The molecule has 1 aromatic heterocycles. The van der Waals surface area contributed by atoms with Crippen LogP contribution in [0.1, 0.15) is 29.4 Å². The molecule has 3 aliphatic heterocycles. The number of nitrogens with one attached hydrogen (secondary N) is 1. The molecule has 6 heteroatoms.